The number of aromatic nitrogens is 2. The highest BCUT2D eigenvalue weighted by Gasteiger charge is 2.06. The summed E-state index contributed by atoms with van der Waals surface area (Å²) in [6.45, 7) is 7.44. The molecule has 1 N–H and O–H groups in total. The van der Waals surface area contributed by atoms with Crippen LogP contribution in [0.3, 0.4) is 0 Å². The van der Waals surface area contributed by atoms with Crippen molar-refractivity contribution in [2.24, 2.45) is 5.92 Å². The Labute approximate surface area is 96.5 Å². The molecule has 1 atom stereocenters. The normalized spacial score (nSPS) is 13.1. The SMILES string of the molecule is CCNCC(C)Cn1ncc2ccccc21. The Morgan fingerprint density at radius 3 is 3.00 bits per heavy atom. The zero-order chi connectivity index (χ0) is 11.4. The minimum Gasteiger partial charge on any atom is -0.317 e. The molecule has 0 bridgehead atoms. The Hall–Kier alpha value is -1.35. The Balaban J connectivity index is 2.09. The molecule has 1 aromatic carbocycles. The second-order valence-corrected chi connectivity index (χ2v) is 4.30. The van der Waals surface area contributed by atoms with Crippen molar-refractivity contribution in [1.29, 1.82) is 0 Å². The number of nitrogens with zero attached hydrogens (tertiary/aromatic N) is 2. The smallest absolute Gasteiger partial charge is 0.0682 e. The summed E-state index contributed by atoms with van der Waals surface area (Å²) < 4.78 is 2.09. The molecule has 3 heteroatoms. The van der Waals surface area contributed by atoms with Crippen LogP contribution in [0.4, 0.5) is 0 Å². The Bertz CT molecular complexity index is 447. The van der Waals surface area contributed by atoms with Crippen LogP contribution >= 0.6 is 0 Å². The third kappa shape index (κ3) is 2.42. The van der Waals surface area contributed by atoms with Crippen LogP contribution in [-0.4, -0.2) is 22.9 Å². The maximum absolute atomic E-state index is 4.43. The fourth-order valence-electron chi connectivity index (χ4n) is 1.92. The summed E-state index contributed by atoms with van der Waals surface area (Å²) in [5.41, 5.74) is 1.23. The molecule has 0 aliphatic carbocycles. The van der Waals surface area contributed by atoms with E-state index in [1.165, 1.54) is 10.9 Å². The lowest BCUT2D eigenvalue weighted by molar-refractivity contribution is 0.434. The first-order chi connectivity index (χ1) is 7.81. The molecule has 0 fully saturated rings. The molecule has 2 rings (SSSR count). The minimum absolute atomic E-state index is 0.600. The average molecular weight is 217 g/mol. The Morgan fingerprint density at radius 1 is 1.38 bits per heavy atom. The zero-order valence-corrected chi connectivity index (χ0v) is 9.98. The van der Waals surface area contributed by atoms with E-state index in [1.807, 2.05) is 6.20 Å². The maximum atomic E-state index is 4.43. The molecule has 1 unspecified atom stereocenters. The number of benzene rings is 1. The number of para-hydroxylation sites is 1. The molecule has 1 aromatic heterocycles. The van der Waals surface area contributed by atoms with Gasteiger partial charge in [0, 0.05) is 11.9 Å². The molecule has 0 amide bonds. The van der Waals surface area contributed by atoms with Crippen LogP contribution in [0.25, 0.3) is 10.9 Å². The van der Waals surface area contributed by atoms with E-state index in [-0.39, 0.29) is 0 Å². The fourth-order valence-corrected chi connectivity index (χ4v) is 1.92. The van der Waals surface area contributed by atoms with Gasteiger partial charge >= 0.3 is 0 Å². The number of hydrogen-bond donors (Lipinski definition) is 1. The summed E-state index contributed by atoms with van der Waals surface area (Å²) in [4.78, 5) is 0. The highest BCUT2D eigenvalue weighted by molar-refractivity contribution is 5.78. The van der Waals surface area contributed by atoms with E-state index in [4.69, 9.17) is 0 Å². The van der Waals surface area contributed by atoms with E-state index in [1.54, 1.807) is 0 Å². The Kier molecular flexibility index (Phi) is 3.57. The molecular weight excluding hydrogens is 198 g/mol. The van der Waals surface area contributed by atoms with Crippen molar-refractivity contribution < 1.29 is 0 Å². The molecule has 0 saturated carbocycles. The fraction of sp³-hybridized carbons (Fsp3) is 0.462. The molecule has 0 aliphatic rings. The van der Waals surface area contributed by atoms with Crippen LogP contribution in [0.15, 0.2) is 30.5 Å². The van der Waals surface area contributed by atoms with E-state index in [9.17, 15) is 0 Å². The predicted molar refractivity (Wildman–Crippen MR) is 67.4 cm³/mol. The molecule has 0 radical (unpaired) electrons. The van der Waals surface area contributed by atoms with Crippen molar-refractivity contribution in [2.75, 3.05) is 13.1 Å². The van der Waals surface area contributed by atoms with E-state index in [2.05, 4.69) is 53.2 Å². The van der Waals surface area contributed by atoms with Crippen molar-refractivity contribution in [3.63, 3.8) is 0 Å². The van der Waals surface area contributed by atoms with Gasteiger partial charge in [-0.2, -0.15) is 5.10 Å². The maximum Gasteiger partial charge on any atom is 0.0682 e. The van der Waals surface area contributed by atoms with E-state index < -0.39 is 0 Å². The highest BCUT2D eigenvalue weighted by Crippen LogP contribution is 2.13. The van der Waals surface area contributed by atoms with Gasteiger partial charge in [0.25, 0.3) is 0 Å². The molecular formula is C13H19N3. The van der Waals surface area contributed by atoms with Crippen molar-refractivity contribution in [3.05, 3.63) is 30.5 Å². The van der Waals surface area contributed by atoms with Crippen LogP contribution in [-0.2, 0) is 6.54 Å². The van der Waals surface area contributed by atoms with Crippen LogP contribution in [0, 0.1) is 5.92 Å². The lowest BCUT2D eigenvalue weighted by atomic mass is 10.2. The number of rotatable bonds is 5. The third-order valence-corrected chi connectivity index (χ3v) is 2.78. The summed E-state index contributed by atoms with van der Waals surface area (Å²) in [6, 6.07) is 8.35. The van der Waals surface area contributed by atoms with E-state index >= 15 is 0 Å². The summed E-state index contributed by atoms with van der Waals surface area (Å²) >= 11 is 0. The van der Waals surface area contributed by atoms with Gasteiger partial charge in [-0.05, 0) is 25.1 Å². The minimum atomic E-state index is 0.600. The van der Waals surface area contributed by atoms with Gasteiger partial charge in [-0.1, -0.05) is 32.0 Å². The van der Waals surface area contributed by atoms with Gasteiger partial charge in [-0.3, -0.25) is 4.68 Å². The van der Waals surface area contributed by atoms with Gasteiger partial charge in [0.05, 0.1) is 11.7 Å². The quantitative estimate of drug-likeness (QED) is 0.832. The topological polar surface area (TPSA) is 29.9 Å². The van der Waals surface area contributed by atoms with Gasteiger partial charge < -0.3 is 5.32 Å². The standard InChI is InChI=1S/C13H19N3/c1-3-14-8-11(2)10-16-13-7-5-4-6-12(13)9-15-16/h4-7,9,11,14H,3,8,10H2,1-2H3. The van der Waals surface area contributed by atoms with Gasteiger partial charge in [0.2, 0.25) is 0 Å². The van der Waals surface area contributed by atoms with Gasteiger partial charge in [-0.15, -0.1) is 0 Å². The van der Waals surface area contributed by atoms with Crippen molar-refractivity contribution in [3.8, 4) is 0 Å². The lowest BCUT2D eigenvalue weighted by Crippen LogP contribution is -2.24. The summed E-state index contributed by atoms with van der Waals surface area (Å²) in [6.07, 6.45) is 1.94. The largest absolute Gasteiger partial charge is 0.317 e. The van der Waals surface area contributed by atoms with Gasteiger partial charge in [0.15, 0.2) is 0 Å². The first-order valence-electron chi connectivity index (χ1n) is 5.92. The van der Waals surface area contributed by atoms with Crippen LogP contribution in [0.5, 0.6) is 0 Å². The number of hydrogen-bond acceptors (Lipinski definition) is 2. The lowest BCUT2D eigenvalue weighted by Gasteiger charge is -2.12. The summed E-state index contributed by atoms with van der Waals surface area (Å²) in [7, 11) is 0. The molecule has 0 aliphatic heterocycles. The third-order valence-electron chi connectivity index (χ3n) is 2.78. The Morgan fingerprint density at radius 2 is 2.19 bits per heavy atom. The summed E-state index contributed by atoms with van der Waals surface area (Å²) in [5.74, 6) is 0.600. The van der Waals surface area contributed by atoms with Crippen molar-refractivity contribution in [1.82, 2.24) is 15.1 Å². The van der Waals surface area contributed by atoms with E-state index in [0.29, 0.717) is 5.92 Å². The van der Waals surface area contributed by atoms with Crippen LogP contribution < -0.4 is 5.32 Å². The van der Waals surface area contributed by atoms with E-state index in [0.717, 1.165) is 19.6 Å². The van der Waals surface area contributed by atoms with Gasteiger partial charge in [0.1, 0.15) is 0 Å². The molecule has 0 spiro atoms. The summed E-state index contributed by atoms with van der Waals surface area (Å²) in [5, 5.41) is 9.02. The zero-order valence-electron chi connectivity index (χ0n) is 9.98. The van der Waals surface area contributed by atoms with Crippen molar-refractivity contribution >= 4 is 10.9 Å². The molecule has 2 aromatic rings. The molecule has 1 heterocycles. The molecule has 86 valence electrons. The van der Waals surface area contributed by atoms with Crippen molar-refractivity contribution in [2.45, 2.75) is 20.4 Å². The molecule has 3 nitrogen and oxygen atoms in total. The van der Waals surface area contributed by atoms with Gasteiger partial charge in [-0.25, -0.2) is 0 Å². The predicted octanol–water partition coefficient (Wildman–Crippen LogP) is 2.28. The molecule has 0 saturated heterocycles. The number of fused-ring (bicyclic) bond motifs is 1. The first-order valence-corrected chi connectivity index (χ1v) is 5.92. The van der Waals surface area contributed by atoms with Crippen LogP contribution in [0.2, 0.25) is 0 Å². The highest BCUT2D eigenvalue weighted by atomic mass is 15.3. The number of nitrogens with one attached hydrogen (secondary N) is 1. The monoisotopic (exact) mass is 217 g/mol. The second kappa shape index (κ2) is 5.12. The average Bonchev–Trinajstić information content (AvgIpc) is 2.70. The first kappa shape index (κ1) is 11.1. The molecule has 16 heavy (non-hydrogen) atoms. The van der Waals surface area contributed by atoms with Crippen LogP contribution in [0.1, 0.15) is 13.8 Å². The second-order valence-electron chi connectivity index (χ2n) is 4.30.